The van der Waals surface area contributed by atoms with Crippen LogP contribution in [0.2, 0.25) is 0 Å². The van der Waals surface area contributed by atoms with E-state index in [9.17, 15) is 4.79 Å². The van der Waals surface area contributed by atoms with Gasteiger partial charge < -0.3 is 14.7 Å². The molecule has 1 heterocycles. The summed E-state index contributed by atoms with van der Waals surface area (Å²) in [5.41, 5.74) is 0.406. The van der Waals surface area contributed by atoms with Gasteiger partial charge in [-0.15, -0.1) is 0 Å². The summed E-state index contributed by atoms with van der Waals surface area (Å²) in [5.74, 6) is -0.715. The van der Waals surface area contributed by atoms with Crippen LogP contribution in [0, 0.1) is 6.92 Å². The van der Waals surface area contributed by atoms with Gasteiger partial charge in [-0.3, -0.25) is 0 Å². The second-order valence-electron chi connectivity index (χ2n) is 5.19. The predicted octanol–water partition coefficient (Wildman–Crippen LogP) is 1.15. The fourth-order valence-electron chi connectivity index (χ4n) is 1.42. The summed E-state index contributed by atoms with van der Waals surface area (Å²) >= 11 is 0. The van der Waals surface area contributed by atoms with Crippen LogP contribution in [0.5, 0.6) is 5.88 Å². The number of carboxylic acids is 1. The second-order valence-corrected chi connectivity index (χ2v) is 5.19. The van der Waals surface area contributed by atoms with E-state index in [1.807, 2.05) is 32.8 Å². The molecule has 6 nitrogen and oxygen atoms in total. The fraction of sp³-hybridized carbons (Fsp3) is 0.667. The van der Waals surface area contributed by atoms with Gasteiger partial charge in [-0.05, 0) is 34.9 Å². The minimum Gasteiger partial charge on any atom is -0.477 e. The molecule has 0 aromatic carbocycles. The van der Waals surface area contributed by atoms with Crippen LogP contribution >= 0.6 is 0 Å². The van der Waals surface area contributed by atoms with Gasteiger partial charge in [-0.1, -0.05) is 0 Å². The molecule has 0 saturated carbocycles. The van der Waals surface area contributed by atoms with Gasteiger partial charge in [0, 0.05) is 12.6 Å². The van der Waals surface area contributed by atoms with E-state index in [1.165, 1.54) is 4.68 Å². The summed E-state index contributed by atoms with van der Waals surface area (Å²) in [6.07, 6.45) is 0. The number of nitrogens with zero attached hydrogens (tertiary/aromatic N) is 3. The lowest BCUT2D eigenvalue weighted by atomic mass is 10.1. The van der Waals surface area contributed by atoms with E-state index in [0.29, 0.717) is 18.2 Å². The first-order valence-corrected chi connectivity index (χ1v) is 5.74. The van der Waals surface area contributed by atoms with Crippen LogP contribution in [-0.4, -0.2) is 52.0 Å². The molecule has 0 radical (unpaired) electrons. The van der Waals surface area contributed by atoms with E-state index in [1.54, 1.807) is 14.0 Å². The van der Waals surface area contributed by atoms with Crippen molar-refractivity contribution in [3.05, 3.63) is 11.3 Å². The molecule has 0 aliphatic rings. The quantitative estimate of drug-likeness (QED) is 0.854. The van der Waals surface area contributed by atoms with Crippen molar-refractivity contribution in [1.82, 2.24) is 14.7 Å². The number of aromatic nitrogens is 2. The lowest BCUT2D eigenvalue weighted by molar-refractivity contribution is 0.0681. The molecule has 0 amide bonds. The first-order chi connectivity index (χ1) is 8.16. The van der Waals surface area contributed by atoms with Gasteiger partial charge in [-0.25, -0.2) is 9.48 Å². The monoisotopic (exact) mass is 255 g/mol. The third kappa shape index (κ3) is 2.81. The van der Waals surface area contributed by atoms with Crippen LogP contribution in [0.3, 0.4) is 0 Å². The van der Waals surface area contributed by atoms with Gasteiger partial charge in [0.2, 0.25) is 5.88 Å². The normalized spacial score (nSPS) is 11.9. The maximum Gasteiger partial charge on any atom is 0.343 e. The molecule has 0 bridgehead atoms. The molecule has 1 aromatic heterocycles. The van der Waals surface area contributed by atoms with Gasteiger partial charge in [0.1, 0.15) is 12.2 Å². The van der Waals surface area contributed by atoms with Crippen molar-refractivity contribution in [3.63, 3.8) is 0 Å². The number of aromatic carboxylic acids is 1. The molecular weight excluding hydrogens is 234 g/mol. The molecule has 0 unspecified atom stereocenters. The number of rotatable bonds is 5. The number of aryl methyl sites for hydroxylation is 2. The number of hydrogen-bond donors (Lipinski definition) is 1. The molecule has 1 rings (SSSR count). The van der Waals surface area contributed by atoms with E-state index in [4.69, 9.17) is 9.84 Å². The van der Waals surface area contributed by atoms with Crippen LogP contribution in [0.25, 0.3) is 0 Å². The molecule has 1 N–H and O–H groups in total. The first-order valence-electron chi connectivity index (χ1n) is 5.74. The molecule has 0 saturated heterocycles. The zero-order valence-corrected chi connectivity index (χ0v) is 11.8. The minimum absolute atomic E-state index is 0.132. The Bertz CT molecular complexity index is 450. The summed E-state index contributed by atoms with van der Waals surface area (Å²) in [4.78, 5) is 13.2. The minimum atomic E-state index is -1.02. The molecule has 18 heavy (non-hydrogen) atoms. The van der Waals surface area contributed by atoms with Crippen LogP contribution in [0.4, 0.5) is 0 Å². The molecule has 0 atom stereocenters. The van der Waals surface area contributed by atoms with E-state index in [-0.39, 0.29) is 11.1 Å². The molecule has 1 aromatic rings. The highest BCUT2D eigenvalue weighted by atomic mass is 16.5. The Labute approximate surface area is 107 Å². The maximum absolute atomic E-state index is 11.2. The Kier molecular flexibility index (Phi) is 4.01. The van der Waals surface area contributed by atoms with Crippen molar-refractivity contribution in [2.24, 2.45) is 7.05 Å². The third-order valence-electron chi connectivity index (χ3n) is 3.16. The van der Waals surface area contributed by atoms with Crippen molar-refractivity contribution in [2.75, 3.05) is 20.7 Å². The smallest absolute Gasteiger partial charge is 0.343 e. The summed E-state index contributed by atoms with van der Waals surface area (Å²) in [5, 5.41) is 13.2. The molecule has 6 heteroatoms. The standard InChI is InChI=1S/C12H21N3O3/c1-8-9(11(16)17)10(15(6)13-8)18-7-12(2,3)14(4)5/h7H2,1-6H3,(H,16,17). The predicted molar refractivity (Wildman–Crippen MR) is 68.2 cm³/mol. The number of hydrogen-bond acceptors (Lipinski definition) is 4. The van der Waals surface area contributed by atoms with Gasteiger partial charge in [0.15, 0.2) is 0 Å². The third-order valence-corrected chi connectivity index (χ3v) is 3.16. The van der Waals surface area contributed by atoms with Crippen LogP contribution in [0.15, 0.2) is 0 Å². The molecule has 0 aliphatic heterocycles. The van der Waals surface area contributed by atoms with Gasteiger partial charge in [0.05, 0.1) is 5.69 Å². The summed E-state index contributed by atoms with van der Waals surface area (Å²) in [6.45, 7) is 6.10. The highest BCUT2D eigenvalue weighted by Gasteiger charge is 2.26. The number of carbonyl (C=O) groups is 1. The number of likely N-dealkylation sites (N-methyl/N-ethyl adjacent to an activating group) is 1. The zero-order valence-electron chi connectivity index (χ0n) is 11.8. The summed E-state index contributed by atoms with van der Waals surface area (Å²) in [7, 11) is 5.59. The van der Waals surface area contributed by atoms with E-state index >= 15 is 0 Å². The Morgan fingerprint density at radius 2 is 2.06 bits per heavy atom. The van der Waals surface area contributed by atoms with E-state index < -0.39 is 5.97 Å². The molecule has 0 spiro atoms. The Morgan fingerprint density at radius 3 is 2.50 bits per heavy atom. The average molecular weight is 255 g/mol. The van der Waals surface area contributed by atoms with Crippen molar-refractivity contribution < 1.29 is 14.6 Å². The zero-order chi connectivity index (χ0) is 14.1. The van der Waals surface area contributed by atoms with Crippen molar-refractivity contribution in [3.8, 4) is 5.88 Å². The van der Waals surface area contributed by atoms with Crippen LogP contribution in [0.1, 0.15) is 29.9 Å². The number of carboxylic acid groups (broad SMARTS) is 1. The SMILES string of the molecule is Cc1nn(C)c(OCC(C)(C)N(C)C)c1C(=O)O. The van der Waals surface area contributed by atoms with Gasteiger partial charge in [0.25, 0.3) is 0 Å². The summed E-state index contributed by atoms with van der Waals surface area (Å²) in [6, 6.07) is 0. The molecule has 0 aliphatic carbocycles. The fourth-order valence-corrected chi connectivity index (χ4v) is 1.42. The highest BCUT2D eigenvalue weighted by molar-refractivity contribution is 5.91. The largest absolute Gasteiger partial charge is 0.477 e. The van der Waals surface area contributed by atoms with E-state index in [0.717, 1.165) is 0 Å². The number of ether oxygens (including phenoxy) is 1. The second kappa shape index (κ2) is 4.97. The Hall–Kier alpha value is -1.56. The topological polar surface area (TPSA) is 67.6 Å². The van der Waals surface area contributed by atoms with Crippen LogP contribution in [-0.2, 0) is 7.05 Å². The van der Waals surface area contributed by atoms with Gasteiger partial charge >= 0.3 is 5.97 Å². The van der Waals surface area contributed by atoms with Gasteiger partial charge in [-0.2, -0.15) is 5.10 Å². The maximum atomic E-state index is 11.2. The Morgan fingerprint density at radius 1 is 1.50 bits per heavy atom. The van der Waals surface area contributed by atoms with Crippen molar-refractivity contribution >= 4 is 5.97 Å². The molecule has 102 valence electrons. The summed E-state index contributed by atoms with van der Waals surface area (Å²) < 4.78 is 7.12. The Balaban J connectivity index is 2.95. The highest BCUT2D eigenvalue weighted by Crippen LogP contribution is 2.23. The average Bonchev–Trinajstić information content (AvgIpc) is 2.50. The first kappa shape index (κ1) is 14.5. The van der Waals surface area contributed by atoms with Crippen LogP contribution < -0.4 is 4.74 Å². The molecule has 0 fully saturated rings. The van der Waals surface area contributed by atoms with Crippen molar-refractivity contribution in [1.29, 1.82) is 0 Å². The lowest BCUT2D eigenvalue weighted by Gasteiger charge is -2.32. The van der Waals surface area contributed by atoms with E-state index in [2.05, 4.69) is 5.10 Å². The van der Waals surface area contributed by atoms with Crippen molar-refractivity contribution in [2.45, 2.75) is 26.3 Å². The lowest BCUT2D eigenvalue weighted by Crippen LogP contribution is -2.43. The molecular formula is C12H21N3O3.